The Morgan fingerprint density at radius 2 is 1.78 bits per heavy atom. The fourth-order valence-electron chi connectivity index (χ4n) is 5.15. The number of anilines is 1. The molecular weight excluding hydrogens is 497 g/mol. The largest absolute Gasteiger partial charge is 0.462 e. The van der Waals surface area contributed by atoms with Crippen LogP contribution in [0.1, 0.15) is 57.6 Å². The summed E-state index contributed by atoms with van der Waals surface area (Å²) in [6, 6.07) is 19.5. The Kier molecular flexibility index (Phi) is 7.35. The molecule has 3 aromatic rings. The lowest BCUT2D eigenvalue weighted by molar-refractivity contribution is -0.115. The van der Waals surface area contributed by atoms with Crippen LogP contribution in [0.4, 0.5) is 10.1 Å². The predicted molar refractivity (Wildman–Crippen MR) is 142 cm³/mol. The molecule has 0 N–H and O–H groups in total. The van der Waals surface area contributed by atoms with Crippen LogP contribution in [0.25, 0.3) is 0 Å². The second-order valence-electron chi connectivity index (χ2n) is 9.51. The maximum absolute atomic E-state index is 13.4. The molecule has 7 heteroatoms. The molecule has 3 aromatic carbocycles. The summed E-state index contributed by atoms with van der Waals surface area (Å²) in [5, 5.41) is 0.507. The molecule has 2 fully saturated rings. The number of rotatable bonds is 6. The second-order valence-corrected chi connectivity index (χ2v) is 11.0. The van der Waals surface area contributed by atoms with Crippen LogP contribution in [0, 0.1) is 18.7 Å². The smallest absolute Gasteiger partial charge is 0.338 e. The molecule has 1 aliphatic heterocycles. The highest BCUT2D eigenvalue weighted by Crippen LogP contribution is 2.43. The second kappa shape index (κ2) is 10.7. The van der Waals surface area contributed by atoms with E-state index >= 15 is 0 Å². The SMILES string of the molecule is Cc1cc(C(=O)OCC2CCC(c3ccc(Cl)cc3)C2)ccc1N1C(=O)CSC1c1ccc(F)cc1. The average Bonchev–Trinajstić information content (AvgIpc) is 3.50. The van der Waals surface area contributed by atoms with Crippen LogP contribution in [-0.2, 0) is 9.53 Å². The Morgan fingerprint density at radius 1 is 1.06 bits per heavy atom. The first-order valence-corrected chi connectivity index (χ1v) is 13.5. The molecule has 5 rings (SSSR count). The van der Waals surface area contributed by atoms with Crippen molar-refractivity contribution in [1.29, 1.82) is 0 Å². The highest BCUT2D eigenvalue weighted by molar-refractivity contribution is 8.00. The molecule has 36 heavy (non-hydrogen) atoms. The van der Waals surface area contributed by atoms with Gasteiger partial charge in [0.25, 0.3) is 0 Å². The number of nitrogens with zero attached hydrogens (tertiary/aromatic N) is 1. The van der Waals surface area contributed by atoms with E-state index < -0.39 is 0 Å². The number of hydrogen-bond donors (Lipinski definition) is 0. The van der Waals surface area contributed by atoms with E-state index in [9.17, 15) is 14.0 Å². The fourth-order valence-corrected chi connectivity index (χ4v) is 6.45. The van der Waals surface area contributed by atoms with Gasteiger partial charge in [-0.25, -0.2) is 9.18 Å². The van der Waals surface area contributed by atoms with Crippen molar-refractivity contribution in [3.63, 3.8) is 0 Å². The number of thioether (sulfide) groups is 1. The van der Waals surface area contributed by atoms with Gasteiger partial charge in [0.2, 0.25) is 5.91 Å². The molecule has 0 radical (unpaired) electrons. The molecule has 1 aliphatic carbocycles. The van der Waals surface area contributed by atoms with Gasteiger partial charge in [0.15, 0.2) is 0 Å². The topological polar surface area (TPSA) is 46.6 Å². The fraction of sp³-hybridized carbons (Fsp3) is 0.310. The summed E-state index contributed by atoms with van der Waals surface area (Å²) in [6.45, 7) is 2.29. The zero-order valence-corrected chi connectivity index (χ0v) is 21.5. The van der Waals surface area contributed by atoms with E-state index in [2.05, 4.69) is 12.1 Å². The molecule has 4 nitrogen and oxygen atoms in total. The Hall–Kier alpha value is -2.83. The number of carbonyl (C=O) groups excluding carboxylic acids is 2. The summed E-state index contributed by atoms with van der Waals surface area (Å²) in [5.74, 6) is 0.491. The highest BCUT2D eigenvalue weighted by atomic mass is 35.5. The molecule has 2 aliphatic rings. The minimum Gasteiger partial charge on any atom is -0.462 e. The van der Waals surface area contributed by atoms with E-state index in [0.29, 0.717) is 29.8 Å². The molecular formula is C29H27ClFNO3S. The third kappa shape index (κ3) is 5.30. The maximum atomic E-state index is 13.4. The summed E-state index contributed by atoms with van der Waals surface area (Å²) in [7, 11) is 0. The zero-order chi connectivity index (χ0) is 25.2. The summed E-state index contributed by atoms with van der Waals surface area (Å²) in [4.78, 5) is 27.3. The van der Waals surface area contributed by atoms with Gasteiger partial charge in [0.05, 0.1) is 17.9 Å². The van der Waals surface area contributed by atoms with Crippen LogP contribution in [0.2, 0.25) is 5.02 Å². The van der Waals surface area contributed by atoms with E-state index in [-0.39, 0.29) is 23.1 Å². The van der Waals surface area contributed by atoms with E-state index in [4.69, 9.17) is 16.3 Å². The van der Waals surface area contributed by atoms with E-state index in [1.165, 1.54) is 29.5 Å². The quantitative estimate of drug-likeness (QED) is 0.318. The number of esters is 1. The summed E-state index contributed by atoms with van der Waals surface area (Å²) in [6.07, 6.45) is 3.10. The number of carbonyl (C=O) groups is 2. The first-order valence-electron chi connectivity index (χ1n) is 12.1. The van der Waals surface area contributed by atoms with Crippen molar-refractivity contribution in [3.8, 4) is 0 Å². The summed E-state index contributed by atoms with van der Waals surface area (Å²) < 4.78 is 19.1. The molecule has 0 spiro atoms. The Bertz CT molecular complexity index is 1260. The van der Waals surface area contributed by atoms with Crippen molar-refractivity contribution < 1.29 is 18.7 Å². The molecule has 186 valence electrons. The minimum absolute atomic E-state index is 0.00998. The standard InChI is InChI=1S/C29H27ClFNO3S/c1-18-14-23(29(34)35-16-19-2-3-22(15-19)20-4-9-24(30)10-5-20)8-13-26(18)32-27(33)17-36-28(32)21-6-11-25(31)12-7-21/h4-14,19,22,28H,2-3,15-17H2,1H3. The van der Waals surface area contributed by atoms with Crippen LogP contribution >= 0.6 is 23.4 Å². The van der Waals surface area contributed by atoms with Gasteiger partial charge in [0, 0.05) is 10.7 Å². The first kappa shape index (κ1) is 24.8. The van der Waals surface area contributed by atoms with Crippen molar-refractivity contribution in [2.75, 3.05) is 17.3 Å². The molecule has 1 amide bonds. The minimum atomic E-state index is -0.350. The normalized spacial score (nSPS) is 21.7. The van der Waals surface area contributed by atoms with Gasteiger partial charge in [0.1, 0.15) is 11.2 Å². The van der Waals surface area contributed by atoms with Gasteiger partial charge in [-0.1, -0.05) is 35.9 Å². The lowest BCUT2D eigenvalue weighted by atomic mass is 9.96. The number of aryl methyl sites for hydroxylation is 1. The van der Waals surface area contributed by atoms with Gasteiger partial charge in [-0.15, -0.1) is 11.8 Å². The predicted octanol–water partition coefficient (Wildman–Crippen LogP) is 7.31. The molecule has 3 unspecified atom stereocenters. The Balaban J connectivity index is 1.22. The third-order valence-corrected chi connectivity index (χ3v) is 8.51. The van der Waals surface area contributed by atoms with E-state index in [1.54, 1.807) is 35.2 Å². The summed E-state index contributed by atoms with van der Waals surface area (Å²) in [5.41, 5.74) is 4.19. The van der Waals surface area contributed by atoms with Crippen LogP contribution in [-0.4, -0.2) is 24.2 Å². The molecule has 0 aromatic heterocycles. The van der Waals surface area contributed by atoms with Gasteiger partial charge in [-0.2, -0.15) is 0 Å². The highest BCUT2D eigenvalue weighted by Gasteiger charge is 2.35. The lowest BCUT2D eigenvalue weighted by Crippen LogP contribution is -2.28. The number of hydrogen-bond acceptors (Lipinski definition) is 4. The van der Waals surface area contributed by atoms with Crippen LogP contribution < -0.4 is 4.90 Å². The molecule has 0 bridgehead atoms. The van der Waals surface area contributed by atoms with Crippen LogP contribution in [0.15, 0.2) is 66.7 Å². The van der Waals surface area contributed by atoms with Gasteiger partial charge in [-0.05, 0) is 97.2 Å². The Labute approximate surface area is 219 Å². The van der Waals surface area contributed by atoms with Crippen molar-refractivity contribution in [2.24, 2.45) is 5.92 Å². The summed E-state index contributed by atoms with van der Waals surface area (Å²) >= 11 is 7.51. The zero-order valence-electron chi connectivity index (χ0n) is 20.0. The first-order chi connectivity index (χ1) is 17.4. The van der Waals surface area contributed by atoms with Gasteiger partial charge >= 0.3 is 5.97 Å². The van der Waals surface area contributed by atoms with Gasteiger partial charge < -0.3 is 4.74 Å². The van der Waals surface area contributed by atoms with Crippen LogP contribution in [0.3, 0.4) is 0 Å². The number of halogens is 2. The molecule has 3 atom stereocenters. The van der Waals surface area contributed by atoms with E-state index in [1.807, 2.05) is 19.1 Å². The van der Waals surface area contributed by atoms with Gasteiger partial charge in [-0.3, -0.25) is 9.69 Å². The van der Waals surface area contributed by atoms with Crippen molar-refractivity contribution in [2.45, 2.75) is 37.5 Å². The monoisotopic (exact) mass is 523 g/mol. The van der Waals surface area contributed by atoms with Crippen LogP contribution in [0.5, 0.6) is 0 Å². The average molecular weight is 524 g/mol. The number of ether oxygens (including phenoxy) is 1. The lowest BCUT2D eigenvalue weighted by Gasteiger charge is -2.26. The number of amides is 1. The maximum Gasteiger partial charge on any atom is 0.338 e. The molecule has 1 heterocycles. The van der Waals surface area contributed by atoms with E-state index in [0.717, 1.165) is 41.1 Å². The number of benzene rings is 3. The molecule has 1 saturated heterocycles. The van der Waals surface area contributed by atoms with Crippen molar-refractivity contribution in [3.05, 3.63) is 99.8 Å². The molecule has 1 saturated carbocycles. The Morgan fingerprint density at radius 3 is 2.50 bits per heavy atom. The third-order valence-electron chi connectivity index (χ3n) is 7.05. The van der Waals surface area contributed by atoms with Crippen molar-refractivity contribution >= 4 is 40.9 Å². The van der Waals surface area contributed by atoms with Crippen molar-refractivity contribution in [1.82, 2.24) is 0 Å².